The summed E-state index contributed by atoms with van der Waals surface area (Å²) in [5, 5.41) is 2.89. The second-order valence-corrected chi connectivity index (χ2v) is 8.88. The van der Waals surface area contributed by atoms with Crippen molar-refractivity contribution in [3.05, 3.63) is 59.7 Å². The lowest BCUT2D eigenvalue weighted by Gasteiger charge is -2.26. The van der Waals surface area contributed by atoms with Crippen LogP contribution in [0.25, 0.3) is 0 Å². The van der Waals surface area contributed by atoms with Gasteiger partial charge in [0.2, 0.25) is 10.0 Å². The van der Waals surface area contributed by atoms with Crippen LogP contribution in [0.5, 0.6) is 5.75 Å². The molecule has 1 fully saturated rings. The Kier molecular flexibility index (Phi) is 7.84. The standard InChI is InChI=1S/C22H28N2O5S/c1-2-29-21-8-4-3-6-18(21)7-5-13-23-22(25)19-9-11-20(12-10-19)30(26,27)24-14-16-28-17-15-24/h3-4,6,8-12H,2,5,7,13-17H2,1H3,(H,23,25). The van der Waals surface area contributed by atoms with Crippen molar-refractivity contribution in [2.75, 3.05) is 39.5 Å². The monoisotopic (exact) mass is 432 g/mol. The highest BCUT2D eigenvalue weighted by Gasteiger charge is 2.26. The molecular formula is C22H28N2O5S. The average Bonchev–Trinajstić information content (AvgIpc) is 2.78. The van der Waals surface area contributed by atoms with Gasteiger partial charge in [0.1, 0.15) is 5.75 Å². The number of nitrogens with zero attached hydrogens (tertiary/aromatic N) is 1. The number of morpholine rings is 1. The predicted molar refractivity (Wildman–Crippen MR) is 114 cm³/mol. The zero-order chi connectivity index (χ0) is 21.4. The summed E-state index contributed by atoms with van der Waals surface area (Å²) < 4.78 is 37.5. The minimum atomic E-state index is -3.56. The van der Waals surface area contributed by atoms with E-state index in [1.165, 1.54) is 16.4 Å². The van der Waals surface area contributed by atoms with E-state index in [2.05, 4.69) is 5.32 Å². The number of ether oxygens (including phenoxy) is 2. The number of benzene rings is 2. The lowest BCUT2D eigenvalue weighted by Crippen LogP contribution is -2.40. The van der Waals surface area contributed by atoms with Crippen LogP contribution < -0.4 is 10.1 Å². The van der Waals surface area contributed by atoms with Crippen LogP contribution in [-0.4, -0.2) is 58.1 Å². The Morgan fingerprint density at radius 2 is 1.80 bits per heavy atom. The van der Waals surface area contributed by atoms with Gasteiger partial charge in [-0.1, -0.05) is 18.2 Å². The molecule has 1 saturated heterocycles. The van der Waals surface area contributed by atoms with Gasteiger partial charge in [-0.2, -0.15) is 4.31 Å². The fourth-order valence-electron chi connectivity index (χ4n) is 3.30. The summed E-state index contributed by atoms with van der Waals surface area (Å²) in [6.07, 6.45) is 1.58. The minimum absolute atomic E-state index is 0.188. The summed E-state index contributed by atoms with van der Waals surface area (Å²) in [7, 11) is -3.56. The summed E-state index contributed by atoms with van der Waals surface area (Å²) in [6, 6.07) is 14.0. The molecule has 0 saturated carbocycles. The highest BCUT2D eigenvalue weighted by atomic mass is 32.2. The molecule has 2 aromatic carbocycles. The molecule has 2 aromatic rings. The van der Waals surface area contributed by atoms with Crippen molar-refractivity contribution in [3.63, 3.8) is 0 Å². The molecule has 1 N–H and O–H groups in total. The summed E-state index contributed by atoms with van der Waals surface area (Å²) in [5.74, 6) is 0.659. The molecule has 8 heteroatoms. The smallest absolute Gasteiger partial charge is 0.251 e. The quantitative estimate of drug-likeness (QED) is 0.616. The van der Waals surface area contributed by atoms with E-state index < -0.39 is 10.0 Å². The van der Waals surface area contributed by atoms with Crippen LogP contribution in [0.1, 0.15) is 29.3 Å². The second kappa shape index (κ2) is 10.6. The molecule has 1 heterocycles. The van der Waals surface area contributed by atoms with E-state index in [1.54, 1.807) is 12.1 Å². The lowest BCUT2D eigenvalue weighted by molar-refractivity contribution is 0.0730. The number of amides is 1. The minimum Gasteiger partial charge on any atom is -0.494 e. The van der Waals surface area contributed by atoms with Gasteiger partial charge in [0.05, 0.1) is 24.7 Å². The van der Waals surface area contributed by atoms with Gasteiger partial charge in [0.15, 0.2) is 0 Å². The second-order valence-electron chi connectivity index (χ2n) is 6.94. The topological polar surface area (TPSA) is 84.9 Å². The maximum Gasteiger partial charge on any atom is 0.251 e. The Labute approximate surface area is 178 Å². The first-order valence-electron chi connectivity index (χ1n) is 10.2. The highest BCUT2D eigenvalue weighted by molar-refractivity contribution is 7.89. The van der Waals surface area contributed by atoms with Crippen LogP contribution in [0.15, 0.2) is 53.4 Å². The van der Waals surface area contributed by atoms with Gasteiger partial charge in [-0.25, -0.2) is 8.42 Å². The summed E-state index contributed by atoms with van der Waals surface area (Å²) in [5.41, 5.74) is 1.55. The Morgan fingerprint density at radius 3 is 2.50 bits per heavy atom. The van der Waals surface area contributed by atoms with Crippen LogP contribution in [-0.2, 0) is 21.2 Å². The van der Waals surface area contributed by atoms with Gasteiger partial charge in [0, 0.05) is 25.2 Å². The number of sulfonamides is 1. The number of carbonyl (C=O) groups excluding carboxylic acids is 1. The molecule has 0 unspecified atom stereocenters. The molecule has 1 amide bonds. The zero-order valence-electron chi connectivity index (χ0n) is 17.2. The first-order chi connectivity index (χ1) is 14.5. The molecule has 30 heavy (non-hydrogen) atoms. The first kappa shape index (κ1) is 22.3. The summed E-state index contributed by atoms with van der Waals surface area (Å²) in [6.45, 7) is 4.57. The van der Waals surface area contributed by atoms with E-state index in [0.29, 0.717) is 45.0 Å². The van der Waals surface area contributed by atoms with Gasteiger partial charge >= 0.3 is 0 Å². The molecular weight excluding hydrogens is 404 g/mol. The third-order valence-corrected chi connectivity index (χ3v) is 6.82. The van der Waals surface area contributed by atoms with E-state index >= 15 is 0 Å². The van der Waals surface area contributed by atoms with Gasteiger partial charge in [-0.05, 0) is 55.7 Å². The van der Waals surface area contributed by atoms with Gasteiger partial charge < -0.3 is 14.8 Å². The molecule has 1 aliphatic heterocycles. The number of carbonyl (C=O) groups is 1. The van der Waals surface area contributed by atoms with Crippen LogP contribution >= 0.6 is 0 Å². The van der Waals surface area contributed by atoms with E-state index in [4.69, 9.17) is 9.47 Å². The van der Waals surface area contributed by atoms with Crippen molar-refractivity contribution in [2.45, 2.75) is 24.7 Å². The molecule has 0 aromatic heterocycles. The molecule has 3 rings (SSSR count). The predicted octanol–water partition coefficient (Wildman–Crippen LogP) is 2.47. The summed E-state index contributed by atoms with van der Waals surface area (Å²) >= 11 is 0. The molecule has 1 aliphatic rings. The molecule has 162 valence electrons. The van der Waals surface area contributed by atoms with Crippen LogP contribution in [0.4, 0.5) is 0 Å². The molecule has 0 atom stereocenters. The maximum absolute atomic E-state index is 12.6. The Morgan fingerprint density at radius 1 is 1.10 bits per heavy atom. The molecule has 7 nitrogen and oxygen atoms in total. The Hall–Kier alpha value is -2.42. The van der Waals surface area contributed by atoms with E-state index in [-0.39, 0.29) is 10.8 Å². The van der Waals surface area contributed by atoms with Crippen LogP contribution in [0.2, 0.25) is 0 Å². The summed E-state index contributed by atoms with van der Waals surface area (Å²) in [4.78, 5) is 12.6. The number of hydrogen-bond donors (Lipinski definition) is 1. The third kappa shape index (κ3) is 5.59. The van der Waals surface area contributed by atoms with E-state index in [0.717, 1.165) is 24.2 Å². The van der Waals surface area contributed by atoms with Crippen molar-refractivity contribution in [3.8, 4) is 5.75 Å². The molecule has 0 radical (unpaired) electrons. The van der Waals surface area contributed by atoms with Crippen LogP contribution in [0.3, 0.4) is 0 Å². The number of hydrogen-bond acceptors (Lipinski definition) is 5. The Bertz CT molecular complexity index is 938. The van der Waals surface area contributed by atoms with Crippen molar-refractivity contribution >= 4 is 15.9 Å². The zero-order valence-corrected chi connectivity index (χ0v) is 18.0. The largest absolute Gasteiger partial charge is 0.494 e. The van der Waals surface area contributed by atoms with Gasteiger partial charge in [-0.15, -0.1) is 0 Å². The highest BCUT2D eigenvalue weighted by Crippen LogP contribution is 2.20. The maximum atomic E-state index is 12.6. The number of rotatable bonds is 9. The fourth-order valence-corrected chi connectivity index (χ4v) is 4.71. The van der Waals surface area contributed by atoms with Crippen molar-refractivity contribution in [1.82, 2.24) is 9.62 Å². The van der Waals surface area contributed by atoms with Gasteiger partial charge in [0.25, 0.3) is 5.91 Å². The lowest BCUT2D eigenvalue weighted by atomic mass is 10.1. The molecule has 0 aliphatic carbocycles. The van der Waals surface area contributed by atoms with E-state index in [9.17, 15) is 13.2 Å². The molecule has 0 bridgehead atoms. The van der Waals surface area contributed by atoms with Crippen molar-refractivity contribution in [1.29, 1.82) is 0 Å². The van der Waals surface area contributed by atoms with Crippen LogP contribution in [0, 0.1) is 0 Å². The number of aryl methyl sites for hydroxylation is 1. The fraction of sp³-hybridized carbons (Fsp3) is 0.409. The number of nitrogens with one attached hydrogen (secondary N) is 1. The number of para-hydroxylation sites is 1. The molecule has 0 spiro atoms. The first-order valence-corrected chi connectivity index (χ1v) is 11.6. The van der Waals surface area contributed by atoms with Crippen molar-refractivity contribution in [2.24, 2.45) is 0 Å². The van der Waals surface area contributed by atoms with Gasteiger partial charge in [-0.3, -0.25) is 4.79 Å². The van der Waals surface area contributed by atoms with Crippen molar-refractivity contribution < 1.29 is 22.7 Å². The Balaban J connectivity index is 1.51. The van der Waals surface area contributed by atoms with E-state index in [1.807, 2.05) is 31.2 Å². The normalized spacial score (nSPS) is 15.0. The average molecular weight is 433 g/mol. The third-order valence-electron chi connectivity index (χ3n) is 4.91. The SMILES string of the molecule is CCOc1ccccc1CCCNC(=O)c1ccc(S(=O)(=O)N2CCOCC2)cc1.